The average molecular weight is 238 g/mol. The van der Waals surface area contributed by atoms with E-state index >= 15 is 0 Å². The van der Waals surface area contributed by atoms with Gasteiger partial charge >= 0.3 is 51.4 Å². The van der Waals surface area contributed by atoms with Crippen molar-refractivity contribution in [3.8, 4) is 0 Å². The first-order valence-electron chi connectivity index (χ1n) is 3.71. The van der Waals surface area contributed by atoms with Crippen LogP contribution in [0.2, 0.25) is 0 Å². The molecule has 0 heterocycles. The van der Waals surface area contributed by atoms with Crippen molar-refractivity contribution >= 4 is 0 Å². The zero-order valence-corrected chi connectivity index (χ0v) is 12.0. The zero-order chi connectivity index (χ0) is 10.1. The summed E-state index contributed by atoms with van der Waals surface area (Å²) in [5.41, 5.74) is 0. The van der Waals surface area contributed by atoms with E-state index in [2.05, 4.69) is 0 Å². The number of hydrogen-bond acceptors (Lipinski definition) is 6. The van der Waals surface area contributed by atoms with E-state index in [-0.39, 0.29) is 70.1 Å². The van der Waals surface area contributed by atoms with Gasteiger partial charge in [-0.3, -0.25) is 0 Å². The number of aliphatic hydroxyl groups is 5. The van der Waals surface area contributed by atoms with Crippen LogP contribution in [0.15, 0.2) is 0 Å². The fourth-order valence-corrected chi connectivity index (χ4v) is 0.0577. The minimum absolute atomic E-state index is 0. The van der Waals surface area contributed by atoms with Crippen LogP contribution in [0.4, 0.5) is 0 Å². The quantitative estimate of drug-likeness (QED) is 0.313. The molecule has 0 radical (unpaired) electrons. The minimum atomic E-state index is -0.954. The molecule has 0 aliphatic heterocycles. The second-order valence-corrected chi connectivity index (χ2v) is 2.50. The Hall–Kier alpha value is 1.40. The molecule has 6 nitrogen and oxygen atoms in total. The molecule has 0 bridgehead atoms. The van der Waals surface area contributed by atoms with E-state index in [0.29, 0.717) is 0 Å². The molecule has 0 amide bonds. The van der Waals surface area contributed by atoms with Crippen LogP contribution in [-0.2, 0) is 0 Å². The molecule has 0 aliphatic carbocycles. The molecule has 0 aliphatic rings. The third kappa shape index (κ3) is 23.3. The third-order valence-electron chi connectivity index (χ3n) is 1.12. The number of hydrogen-bond donors (Lipinski definition) is 5. The van der Waals surface area contributed by atoms with E-state index in [1.807, 2.05) is 0 Å². The average Bonchev–Trinajstić information content (AvgIpc) is 2.04. The first-order chi connectivity index (χ1) is 5.45. The van der Waals surface area contributed by atoms with Gasteiger partial charge in [0.15, 0.2) is 0 Å². The monoisotopic (exact) mass is 238 g/mol. The van der Waals surface area contributed by atoms with Crippen molar-refractivity contribution in [2.45, 2.75) is 32.2 Å². The summed E-state index contributed by atoms with van der Waals surface area (Å²) >= 11 is 0. The Kier molecular flexibility index (Phi) is 29.5. The Morgan fingerprint density at radius 1 is 0.857 bits per heavy atom. The predicted octanol–water partition coefficient (Wildman–Crippen LogP) is -5.09. The standard InChI is InChI=1S/C4H10O2.C3H8O3.K.H2O/c1-3(5)4(2)6;4-1-3(6)2-5;;/h3-6H,1-2H3;3-6H,1-2H2;;1H2/q;;+1;/p-1. The van der Waals surface area contributed by atoms with Gasteiger partial charge in [-0.25, -0.2) is 0 Å². The van der Waals surface area contributed by atoms with E-state index in [9.17, 15) is 0 Å². The van der Waals surface area contributed by atoms with Gasteiger partial charge in [-0.1, -0.05) is 0 Å². The third-order valence-corrected chi connectivity index (χ3v) is 1.12. The van der Waals surface area contributed by atoms with Crippen molar-refractivity contribution in [2.75, 3.05) is 13.2 Å². The van der Waals surface area contributed by atoms with Crippen LogP contribution in [0.5, 0.6) is 0 Å². The van der Waals surface area contributed by atoms with Gasteiger partial charge in [-0.05, 0) is 13.8 Å². The summed E-state index contributed by atoms with van der Waals surface area (Å²) < 4.78 is 0. The molecule has 0 rings (SSSR count). The largest absolute Gasteiger partial charge is 1.00 e. The van der Waals surface area contributed by atoms with Crippen molar-refractivity contribution < 1.29 is 82.4 Å². The van der Waals surface area contributed by atoms with Gasteiger partial charge in [0.1, 0.15) is 6.10 Å². The molecule has 0 aromatic heterocycles. The number of rotatable bonds is 3. The van der Waals surface area contributed by atoms with Gasteiger partial charge < -0.3 is 31.0 Å². The second-order valence-electron chi connectivity index (χ2n) is 2.50. The molecule has 7 heteroatoms. The normalized spacial score (nSPS) is 12.9. The molecule has 2 unspecified atom stereocenters. The number of aliphatic hydroxyl groups excluding tert-OH is 5. The van der Waals surface area contributed by atoms with Gasteiger partial charge in [-0.15, -0.1) is 0 Å². The Balaban J connectivity index is -0.0000000625. The molecule has 0 saturated heterocycles. The summed E-state index contributed by atoms with van der Waals surface area (Å²) in [5, 5.41) is 40.8. The molecule has 6 N–H and O–H groups in total. The van der Waals surface area contributed by atoms with Gasteiger partial charge in [0, 0.05) is 0 Å². The Morgan fingerprint density at radius 3 is 1.07 bits per heavy atom. The van der Waals surface area contributed by atoms with E-state index in [1.165, 1.54) is 0 Å². The fourth-order valence-electron chi connectivity index (χ4n) is 0.0577. The molecule has 0 aromatic rings. The van der Waals surface area contributed by atoms with Crippen LogP contribution in [0.1, 0.15) is 13.8 Å². The Labute approximate surface area is 126 Å². The molecule has 0 fully saturated rings. The van der Waals surface area contributed by atoms with Crippen molar-refractivity contribution in [1.82, 2.24) is 0 Å². The molecular weight excluding hydrogens is 219 g/mol. The molecule has 0 aromatic carbocycles. The first-order valence-corrected chi connectivity index (χ1v) is 3.71. The molecule has 14 heavy (non-hydrogen) atoms. The molecule has 2 atom stereocenters. The SMILES string of the molecule is CC(O)C(C)O.OCC(O)CO.[K+].[OH-]. The van der Waals surface area contributed by atoms with Gasteiger partial charge in [0.2, 0.25) is 0 Å². The molecule has 0 saturated carbocycles. The van der Waals surface area contributed by atoms with E-state index in [0.717, 1.165) is 0 Å². The van der Waals surface area contributed by atoms with Crippen molar-refractivity contribution in [3.63, 3.8) is 0 Å². The Bertz CT molecular complexity index is 80.2. The zero-order valence-electron chi connectivity index (χ0n) is 8.83. The smallest absolute Gasteiger partial charge is 0.870 e. The van der Waals surface area contributed by atoms with Crippen LogP contribution in [0, 0.1) is 0 Å². The first kappa shape index (κ1) is 24.6. The van der Waals surface area contributed by atoms with Crippen LogP contribution in [-0.4, -0.2) is 62.5 Å². The topological polar surface area (TPSA) is 131 Å². The van der Waals surface area contributed by atoms with Gasteiger partial charge in [-0.2, -0.15) is 0 Å². The minimum Gasteiger partial charge on any atom is -0.870 e. The Morgan fingerprint density at radius 2 is 1.07 bits per heavy atom. The predicted molar refractivity (Wildman–Crippen MR) is 45.5 cm³/mol. The van der Waals surface area contributed by atoms with Crippen LogP contribution < -0.4 is 51.4 Å². The summed E-state index contributed by atoms with van der Waals surface area (Å²) in [5.74, 6) is 0. The summed E-state index contributed by atoms with van der Waals surface area (Å²) in [6, 6.07) is 0. The van der Waals surface area contributed by atoms with Crippen molar-refractivity contribution in [2.24, 2.45) is 0 Å². The maximum Gasteiger partial charge on any atom is 1.00 e. The van der Waals surface area contributed by atoms with Crippen LogP contribution >= 0.6 is 0 Å². The van der Waals surface area contributed by atoms with E-state index in [1.54, 1.807) is 13.8 Å². The molecular formula is C7H19KO6. The van der Waals surface area contributed by atoms with E-state index < -0.39 is 18.3 Å². The maximum atomic E-state index is 8.38. The maximum absolute atomic E-state index is 8.38. The molecule has 84 valence electrons. The van der Waals surface area contributed by atoms with Crippen LogP contribution in [0.3, 0.4) is 0 Å². The fraction of sp³-hybridized carbons (Fsp3) is 1.00. The van der Waals surface area contributed by atoms with Gasteiger partial charge in [0.25, 0.3) is 0 Å². The summed E-state index contributed by atoms with van der Waals surface area (Å²) in [6.45, 7) is 2.36. The summed E-state index contributed by atoms with van der Waals surface area (Å²) in [7, 11) is 0. The summed E-state index contributed by atoms with van der Waals surface area (Å²) in [6.07, 6.45) is -2.14. The van der Waals surface area contributed by atoms with Crippen molar-refractivity contribution in [1.29, 1.82) is 0 Å². The molecule has 0 spiro atoms. The van der Waals surface area contributed by atoms with Crippen molar-refractivity contribution in [3.05, 3.63) is 0 Å². The van der Waals surface area contributed by atoms with Crippen LogP contribution in [0.25, 0.3) is 0 Å². The second kappa shape index (κ2) is 16.8. The summed E-state index contributed by atoms with van der Waals surface area (Å²) in [4.78, 5) is 0. The van der Waals surface area contributed by atoms with Gasteiger partial charge in [0.05, 0.1) is 25.4 Å². The van der Waals surface area contributed by atoms with E-state index in [4.69, 9.17) is 25.5 Å².